The van der Waals surface area contributed by atoms with Gasteiger partial charge in [0, 0.05) is 24.7 Å². The van der Waals surface area contributed by atoms with E-state index in [2.05, 4.69) is 30.8 Å². The van der Waals surface area contributed by atoms with E-state index in [-0.39, 0.29) is 23.4 Å². The van der Waals surface area contributed by atoms with Gasteiger partial charge in [0.15, 0.2) is 11.6 Å². The summed E-state index contributed by atoms with van der Waals surface area (Å²) in [6, 6.07) is 9.49. The average molecular weight is 471 g/mol. The molecule has 4 rings (SSSR count). The number of nitrogens with one attached hydrogen (secondary N) is 2. The molecule has 1 aliphatic heterocycles. The number of aromatic nitrogens is 3. The Morgan fingerprint density at radius 3 is 2.76 bits per heavy atom. The smallest absolute Gasteiger partial charge is 0.270 e. The molecule has 8 nitrogen and oxygen atoms in total. The van der Waals surface area contributed by atoms with Gasteiger partial charge in [0.05, 0.1) is 49.2 Å². The molecule has 1 unspecified atom stereocenters. The zero-order chi connectivity index (χ0) is 24.1. The van der Waals surface area contributed by atoms with E-state index < -0.39 is 11.7 Å². The molecular weight excluding hydrogens is 447 g/mol. The zero-order valence-electron chi connectivity index (χ0n) is 18.7. The van der Waals surface area contributed by atoms with Gasteiger partial charge in [-0.3, -0.25) is 4.98 Å². The predicted octanol–water partition coefficient (Wildman–Crippen LogP) is 4.54. The molecule has 11 heteroatoms. The van der Waals surface area contributed by atoms with E-state index in [9.17, 15) is 13.2 Å². The molecule has 3 heterocycles. The summed E-state index contributed by atoms with van der Waals surface area (Å²) in [7, 11) is 0. The van der Waals surface area contributed by atoms with Crippen molar-refractivity contribution in [3.63, 3.8) is 0 Å². The maximum atomic E-state index is 14.3. The van der Waals surface area contributed by atoms with Crippen molar-refractivity contribution in [3.05, 3.63) is 65.9 Å². The van der Waals surface area contributed by atoms with Gasteiger partial charge in [-0.2, -0.15) is 10.1 Å². The number of ether oxygens (including phenoxy) is 1. The van der Waals surface area contributed by atoms with E-state index in [1.54, 1.807) is 30.5 Å². The molecule has 0 aliphatic carbocycles. The van der Waals surface area contributed by atoms with E-state index in [1.165, 1.54) is 18.3 Å². The molecule has 1 fully saturated rings. The van der Waals surface area contributed by atoms with Crippen LogP contribution < -0.4 is 15.6 Å². The summed E-state index contributed by atoms with van der Waals surface area (Å²) in [5.41, 5.74) is 4.31. The van der Waals surface area contributed by atoms with Gasteiger partial charge in [-0.15, -0.1) is 0 Å². The molecule has 1 aromatic carbocycles. The summed E-state index contributed by atoms with van der Waals surface area (Å²) in [5.74, 6) is -3.08. The van der Waals surface area contributed by atoms with Crippen LogP contribution in [0.3, 0.4) is 0 Å². The van der Waals surface area contributed by atoms with Gasteiger partial charge in [0.2, 0.25) is 5.95 Å². The summed E-state index contributed by atoms with van der Waals surface area (Å²) < 4.78 is 46.7. The molecule has 0 amide bonds. The van der Waals surface area contributed by atoms with Crippen molar-refractivity contribution >= 4 is 29.4 Å². The maximum absolute atomic E-state index is 14.3. The van der Waals surface area contributed by atoms with Gasteiger partial charge in [-0.25, -0.2) is 23.6 Å². The molecule has 0 spiro atoms. The topological polar surface area (TPSA) is 87.6 Å². The molecule has 1 atom stereocenters. The number of alkyl halides is 2. The number of anilines is 4. The standard InChI is InChI=1S/C23H24F3N7O/c1-15-14-34-9-8-33(15)21-20(24)13-28-22(31-21)32-29-12-18-6-7-19(11-27-18)30-17-5-3-4-16(10-17)23(2,25)26/h3-7,10-13,15,30H,8-9,14H2,1-2H3,(H,28,31,32)/b29-12+. The lowest BCUT2D eigenvalue weighted by Crippen LogP contribution is -2.44. The SMILES string of the molecule is CC1COCCN1c1nc(N/N=C/c2ccc(Nc3cccc(C(C)(F)F)c3)cn2)ncc1F. The van der Waals surface area contributed by atoms with Crippen molar-refractivity contribution in [1.29, 1.82) is 0 Å². The summed E-state index contributed by atoms with van der Waals surface area (Å²) in [6.07, 6.45) is 4.13. The lowest BCUT2D eigenvalue weighted by atomic mass is 10.1. The van der Waals surface area contributed by atoms with Crippen LogP contribution in [-0.4, -0.2) is 47.0 Å². The van der Waals surface area contributed by atoms with E-state index in [0.29, 0.717) is 36.8 Å². The first-order valence-electron chi connectivity index (χ1n) is 10.7. The summed E-state index contributed by atoms with van der Waals surface area (Å²) >= 11 is 0. The first-order chi connectivity index (χ1) is 16.3. The maximum Gasteiger partial charge on any atom is 0.270 e. The Bertz CT molecular complexity index is 1150. The fourth-order valence-corrected chi connectivity index (χ4v) is 3.40. The molecule has 2 aromatic heterocycles. The summed E-state index contributed by atoms with van der Waals surface area (Å²) in [4.78, 5) is 14.3. The molecular formula is C23H24F3N7O. The second-order valence-corrected chi connectivity index (χ2v) is 7.92. The lowest BCUT2D eigenvalue weighted by molar-refractivity contribution is 0.0175. The van der Waals surface area contributed by atoms with Crippen LogP contribution in [0.15, 0.2) is 53.9 Å². The number of nitrogens with zero attached hydrogens (tertiary/aromatic N) is 5. The highest BCUT2D eigenvalue weighted by Gasteiger charge is 2.25. The van der Waals surface area contributed by atoms with Crippen LogP contribution in [0, 0.1) is 5.82 Å². The summed E-state index contributed by atoms with van der Waals surface area (Å²) in [5, 5.41) is 7.11. The Labute approximate surface area is 194 Å². The largest absolute Gasteiger partial charge is 0.377 e. The molecule has 2 N–H and O–H groups in total. The Morgan fingerprint density at radius 1 is 1.18 bits per heavy atom. The van der Waals surface area contributed by atoms with E-state index in [4.69, 9.17) is 4.74 Å². The van der Waals surface area contributed by atoms with Crippen molar-refractivity contribution in [2.45, 2.75) is 25.8 Å². The van der Waals surface area contributed by atoms with Gasteiger partial charge in [0.1, 0.15) is 0 Å². The van der Waals surface area contributed by atoms with Crippen LogP contribution >= 0.6 is 0 Å². The quantitative estimate of drug-likeness (QED) is 0.387. The van der Waals surface area contributed by atoms with Crippen LogP contribution in [0.5, 0.6) is 0 Å². The number of halogens is 3. The molecule has 1 aliphatic rings. The van der Waals surface area contributed by atoms with Crippen molar-refractivity contribution in [2.75, 3.05) is 35.4 Å². The van der Waals surface area contributed by atoms with Crippen LogP contribution in [0.25, 0.3) is 0 Å². The average Bonchev–Trinajstić information content (AvgIpc) is 2.81. The minimum absolute atomic E-state index is 0.00763. The van der Waals surface area contributed by atoms with Gasteiger partial charge < -0.3 is 15.0 Å². The highest BCUT2D eigenvalue weighted by atomic mass is 19.3. The van der Waals surface area contributed by atoms with Crippen LogP contribution in [0.2, 0.25) is 0 Å². The van der Waals surface area contributed by atoms with Crippen LogP contribution in [0.1, 0.15) is 25.1 Å². The minimum Gasteiger partial charge on any atom is -0.377 e. The second-order valence-electron chi connectivity index (χ2n) is 7.92. The molecule has 34 heavy (non-hydrogen) atoms. The molecule has 3 aromatic rings. The predicted molar refractivity (Wildman–Crippen MR) is 124 cm³/mol. The fraction of sp³-hybridized carbons (Fsp3) is 0.304. The number of rotatable bonds is 7. The van der Waals surface area contributed by atoms with Crippen molar-refractivity contribution in [3.8, 4) is 0 Å². The Morgan fingerprint density at radius 2 is 2.03 bits per heavy atom. The lowest BCUT2D eigenvalue weighted by Gasteiger charge is -2.34. The van der Waals surface area contributed by atoms with Crippen LogP contribution in [0.4, 0.5) is 36.3 Å². The summed E-state index contributed by atoms with van der Waals surface area (Å²) in [6.45, 7) is 4.33. The second kappa shape index (κ2) is 10.0. The van der Waals surface area contributed by atoms with E-state index >= 15 is 0 Å². The third-order valence-corrected chi connectivity index (χ3v) is 5.17. The van der Waals surface area contributed by atoms with Gasteiger partial charge in [0.25, 0.3) is 5.92 Å². The number of hydrogen-bond acceptors (Lipinski definition) is 8. The molecule has 0 saturated carbocycles. The fourth-order valence-electron chi connectivity index (χ4n) is 3.40. The third-order valence-electron chi connectivity index (χ3n) is 5.17. The van der Waals surface area contributed by atoms with Gasteiger partial charge >= 0.3 is 0 Å². The third kappa shape index (κ3) is 5.79. The normalized spacial score (nSPS) is 16.6. The van der Waals surface area contributed by atoms with Crippen molar-refractivity contribution < 1.29 is 17.9 Å². The monoisotopic (exact) mass is 471 g/mol. The molecule has 0 bridgehead atoms. The van der Waals surface area contributed by atoms with Crippen LogP contribution in [-0.2, 0) is 10.7 Å². The zero-order valence-corrected chi connectivity index (χ0v) is 18.7. The van der Waals surface area contributed by atoms with E-state index in [0.717, 1.165) is 13.1 Å². The first-order valence-corrected chi connectivity index (χ1v) is 10.7. The number of benzene rings is 1. The van der Waals surface area contributed by atoms with E-state index in [1.807, 2.05) is 11.8 Å². The Kier molecular flexibility index (Phi) is 6.92. The molecule has 178 valence electrons. The Balaban J connectivity index is 1.38. The molecule has 0 radical (unpaired) electrons. The Hall–Kier alpha value is -3.73. The van der Waals surface area contributed by atoms with Crippen molar-refractivity contribution in [2.24, 2.45) is 5.10 Å². The highest BCUT2D eigenvalue weighted by Crippen LogP contribution is 2.29. The number of hydrogen-bond donors (Lipinski definition) is 2. The van der Waals surface area contributed by atoms with Gasteiger partial charge in [-0.05, 0) is 31.2 Å². The number of hydrazone groups is 1. The minimum atomic E-state index is -2.92. The van der Waals surface area contributed by atoms with Gasteiger partial charge in [-0.1, -0.05) is 12.1 Å². The highest BCUT2D eigenvalue weighted by molar-refractivity contribution is 5.78. The molecule has 1 saturated heterocycles. The number of pyridine rings is 1. The first kappa shape index (κ1) is 23.4. The number of morpholine rings is 1. The van der Waals surface area contributed by atoms with Crippen molar-refractivity contribution in [1.82, 2.24) is 15.0 Å².